The zero-order valence-electron chi connectivity index (χ0n) is 16.3. The third-order valence-corrected chi connectivity index (χ3v) is 5.90. The second-order valence-electron chi connectivity index (χ2n) is 7.07. The van der Waals surface area contributed by atoms with Gasteiger partial charge in [0.05, 0.1) is 18.3 Å². The smallest absolute Gasteiger partial charge is 0.309 e. The second kappa shape index (κ2) is 9.77. The van der Waals surface area contributed by atoms with Gasteiger partial charge in [-0.3, -0.25) is 19.5 Å². The minimum atomic E-state index is -0.638. The number of rotatable bonds is 6. The first kappa shape index (κ1) is 20.4. The van der Waals surface area contributed by atoms with Gasteiger partial charge in [-0.2, -0.15) is 0 Å². The molecular formula is C20H27N5O2S. The molecule has 150 valence electrons. The fraction of sp³-hybridized carbons (Fsp3) is 0.450. The van der Waals surface area contributed by atoms with Crippen molar-refractivity contribution in [3.8, 4) is 0 Å². The first-order valence-electron chi connectivity index (χ1n) is 9.49. The number of hydrogen-bond acceptors (Lipinski definition) is 6. The lowest BCUT2D eigenvalue weighted by Crippen LogP contribution is -2.53. The van der Waals surface area contributed by atoms with Crippen molar-refractivity contribution in [1.82, 2.24) is 25.4 Å². The molecule has 0 aromatic carbocycles. The summed E-state index contributed by atoms with van der Waals surface area (Å²) in [6, 6.07) is 9.45. The van der Waals surface area contributed by atoms with Crippen molar-refractivity contribution >= 4 is 23.2 Å². The molecule has 1 aliphatic rings. The van der Waals surface area contributed by atoms with Crippen molar-refractivity contribution < 1.29 is 9.59 Å². The minimum Gasteiger partial charge on any atom is -0.343 e. The number of nitrogens with zero attached hydrogens (tertiary/aromatic N) is 3. The molecule has 2 aromatic rings. The fourth-order valence-electron chi connectivity index (χ4n) is 3.41. The Balaban J connectivity index is 1.60. The number of piperazine rings is 1. The zero-order chi connectivity index (χ0) is 19.9. The summed E-state index contributed by atoms with van der Waals surface area (Å²) in [4.78, 5) is 34.7. The topological polar surface area (TPSA) is 77.6 Å². The molecule has 2 amide bonds. The van der Waals surface area contributed by atoms with Crippen LogP contribution in [0.3, 0.4) is 0 Å². The quantitative estimate of drug-likeness (QED) is 0.713. The molecule has 3 rings (SSSR count). The Labute approximate surface area is 169 Å². The third-order valence-electron chi connectivity index (χ3n) is 4.96. The van der Waals surface area contributed by atoms with E-state index in [1.54, 1.807) is 23.6 Å². The number of hydrogen-bond donors (Lipinski definition) is 2. The number of amides is 2. The van der Waals surface area contributed by atoms with Gasteiger partial charge in [-0.05, 0) is 37.6 Å². The number of likely N-dealkylation sites (N-methyl/N-ethyl adjacent to an activating group) is 1. The minimum absolute atomic E-state index is 0.0567. The van der Waals surface area contributed by atoms with E-state index < -0.39 is 11.8 Å². The van der Waals surface area contributed by atoms with Gasteiger partial charge < -0.3 is 15.5 Å². The lowest BCUT2D eigenvalue weighted by Gasteiger charge is -2.40. The summed E-state index contributed by atoms with van der Waals surface area (Å²) in [5.74, 6) is -1.25. The van der Waals surface area contributed by atoms with Crippen LogP contribution in [0.2, 0.25) is 0 Å². The number of pyridine rings is 1. The van der Waals surface area contributed by atoms with Gasteiger partial charge >= 0.3 is 11.8 Å². The van der Waals surface area contributed by atoms with Gasteiger partial charge in [0.2, 0.25) is 0 Å². The van der Waals surface area contributed by atoms with E-state index in [-0.39, 0.29) is 18.6 Å². The molecular weight excluding hydrogens is 374 g/mol. The standard InChI is InChI=1S/C20H27N5O2S/c1-15(23-20(27)19(26)22-14-16-6-3-4-8-21-16)18(17-7-5-13-28-17)25-11-9-24(2)10-12-25/h3-8,13,15,18H,9-12,14H2,1-2H3,(H,22,26)(H,23,27)/t15-,18-/m1/s1. The van der Waals surface area contributed by atoms with Crippen molar-refractivity contribution in [1.29, 1.82) is 0 Å². The number of aromatic nitrogens is 1. The van der Waals surface area contributed by atoms with Gasteiger partial charge in [-0.25, -0.2) is 0 Å². The van der Waals surface area contributed by atoms with Gasteiger partial charge in [-0.15, -0.1) is 11.3 Å². The Morgan fingerprint density at radius 3 is 2.57 bits per heavy atom. The van der Waals surface area contributed by atoms with E-state index in [0.29, 0.717) is 5.69 Å². The second-order valence-corrected chi connectivity index (χ2v) is 8.04. The number of carbonyl (C=O) groups is 2. The van der Waals surface area contributed by atoms with Crippen molar-refractivity contribution in [2.45, 2.75) is 25.6 Å². The van der Waals surface area contributed by atoms with Crippen LogP contribution >= 0.6 is 11.3 Å². The molecule has 3 heterocycles. The highest BCUT2D eigenvalue weighted by molar-refractivity contribution is 7.10. The lowest BCUT2D eigenvalue weighted by atomic mass is 10.0. The number of carbonyl (C=O) groups excluding carboxylic acids is 2. The summed E-state index contributed by atoms with van der Waals surface area (Å²) in [5, 5.41) is 7.57. The summed E-state index contributed by atoms with van der Waals surface area (Å²) in [6.45, 7) is 6.05. The third kappa shape index (κ3) is 5.37. The number of thiophene rings is 1. The van der Waals surface area contributed by atoms with Crippen LogP contribution < -0.4 is 10.6 Å². The van der Waals surface area contributed by atoms with Gasteiger partial charge in [0.25, 0.3) is 0 Å². The molecule has 8 heteroatoms. The summed E-state index contributed by atoms with van der Waals surface area (Å²) in [7, 11) is 2.12. The lowest BCUT2D eigenvalue weighted by molar-refractivity contribution is -0.140. The molecule has 0 unspecified atom stereocenters. The first-order valence-corrected chi connectivity index (χ1v) is 10.4. The Hall–Kier alpha value is -2.29. The molecule has 0 bridgehead atoms. The maximum Gasteiger partial charge on any atom is 0.309 e. The average Bonchev–Trinajstić information content (AvgIpc) is 3.22. The van der Waals surface area contributed by atoms with E-state index in [9.17, 15) is 9.59 Å². The van der Waals surface area contributed by atoms with E-state index in [1.807, 2.05) is 30.5 Å². The van der Waals surface area contributed by atoms with Crippen LogP contribution in [0.4, 0.5) is 0 Å². The monoisotopic (exact) mass is 401 g/mol. The molecule has 7 nitrogen and oxygen atoms in total. The van der Waals surface area contributed by atoms with Crippen LogP contribution in [0.5, 0.6) is 0 Å². The molecule has 1 saturated heterocycles. The predicted molar refractivity (Wildman–Crippen MR) is 110 cm³/mol. The van der Waals surface area contributed by atoms with Crippen LogP contribution in [0, 0.1) is 0 Å². The van der Waals surface area contributed by atoms with E-state index in [2.05, 4.69) is 38.5 Å². The predicted octanol–water partition coefficient (Wildman–Crippen LogP) is 1.25. The molecule has 2 aromatic heterocycles. The Morgan fingerprint density at radius 2 is 1.93 bits per heavy atom. The normalized spacial score (nSPS) is 17.6. The molecule has 0 spiro atoms. The molecule has 0 saturated carbocycles. The molecule has 2 N–H and O–H groups in total. The van der Waals surface area contributed by atoms with Gasteiger partial charge in [0, 0.05) is 43.3 Å². The van der Waals surface area contributed by atoms with E-state index >= 15 is 0 Å². The van der Waals surface area contributed by atoms with Crippen molar-refractivity contribution in [2.75, 3.05) is 33.2 Å². The summed E-state index contributed by atoms with van der Waals surface area (Å²) in [6.07, 6.45) is 1.66. The highest BCUT2D eigenvalue weighted by atomic mass is 32.1. The van der Waals surface area contributed by atoms with Crippen LogP contribution in [0.15, 0.2) is 41.9 Å². The highest BCUT2D eigenvalue weighted by Crippen LogP contribution is 2.29. The van der Waals surface area contributed by atoms with Crippen LogP contribution in [-0.4, -0.2) is 65.9 Å². The SMILES string of the molecule is C[C@@H](NC(=O)C(=O)NCc1ccccn1)[C@H](c1cccs1)N1CCN(C)CC1. The maximum atomic E-state index is 12.4. The van der Waals surface area contributed by atoms with Gasteiger partial charge in [0.1, 0.15) is 0 Å². The zero-order valence-corrected chi connectivity index (χ0v) is 17.1. The van der Waals surface area contributed by atoms with Crippen molar-refractivity contribution in [3.63, 3.8) is 0 Å². The van der Waals surface area contributed by atoms with E-state index in [1.165, 1.54) is 4.88 Å². The summed E-state index contributed by atoms with van der Waals surface area (Å²) >= 11 is 1.68. The molecule has 0 radical (unpaired) electrons. The van der Waals surface area contributed by atoms with Crippen molar-refractivity contribution in [2.24, 2.45) is 0 Å². The average molecular weight is 402 g/mol. The number of nitrogens with one attached hydrogen (secondary N) is 2. The molecule has 2 atom stereocenters. The molecule has 1 fully saturated rings. The van der Waals surface area contributed by atoms with Crippen LogP contribution in [-0.2, 0) is 16.1 Å². The van der Waals surface area contributed by atoms with Gasteiger partial charge in [0.15, 0.2) is 0 Å². The molecule has 0 aliphatic carbocycles. The van der Waals surface area contributed by atoms with E-state index in [0.717, 1.165) is 26.2 Å². The Bertz CT molecular complexity index is 760. The fourth-order valence-corrected chi connectivity index (χ4v) is 4.37. The summed E-state index contributed by atoms with van der Waals surface area (Å²) < 4.78 is 0. The maximum absolute atomic E-state index is 12.4. The van der Waals surface area contributed by atoms with Crippen LogP contribution in [0.25, 0.3) is 0 Å². The molecule has 28 heavy (non-hydrogen) atoms. The first-order chi connectivity index (χ1) is 13.5. The summed E-state index contributed by atoms with van der Waals surface area (Å²) in [5.41, 5.74) is 0.714. The Morgan fingerprint density at radius 1 is 1.14 bits per heavy atom. The molecule has 1 aliphatic heterocycles. The highest BCUT2D eigenvalue weighted by Gasteiger charge is 2.31. The van der Waals surface area contributed by atoms with Crippen LogP contribution in [0.1, 0.15) is 23.5 Å². The van der Waals surface area contributed by atoms with Crippen molar-refractivity contribution in [3.05, 3.63) is 52.5 Å². The largest absolute Gasteiger partial charge is 0.343 e. The van der Waals surface area contributed by atoms with E-state index in [4.69, 9.17) is 0 Å². The van der Waals surface area contributed by atoms with Gasteiger partial charge in [-0.1, -0.05) is 12.1 Å². The Kier molecular flexibility index (Phi) is 7.13.